The highest BCUT2D eigenvalue weighted by molar-refractivity contribution is 5.47. The van der Waals surface area contributed by atoms with E-state index in [9.17, 15) is 0 Å². The number of hydrogen-bond acceptors (Lipinski definition) is 3. The van der Waals surface area contributed by atoms with E-state index in [-0.39, 0.29) is 0 Å². The van der Waals surface area contributed by atoms with Crippen molar-refractivity contribution in [3.63, 3.8) is 0 Å². The van der Waals surface area contributed by atoms with E-state index in [2.05, 4.69) is 31.3 Å². The number of methoxy groups -OCH3 is 1. The van der Waals surface area contributed by atoms with Gasteiger partial charge in [0.2, 0.25) is 0 Å². The third kappa shape index (κ3) is 5.58. The Labute approximate surface area is 129 Å². The molecule has 1 aromatic carbocycles. The lowest BCUT2D eigenvalue weighted by Crippen LogP contribution is -2.19. The number of nitrogens with one attached hydrogen (secondary N) is 1. The van der Waals surface area contributed by atoms with Gasteiger partial charge < -0.3 is 14.8 Å². The Morgan fingerprint density at radius 1 is 1.10 bits per heavy atom. The molecule has 1 atom stereocenters. The fourth-order valence-corrected chi connectivity index (χ4v) is 2.93. The highest BCUT2D eigenvalue weighted by atomic mass is 16.5. The van der Waals surface area contributed by atoms with Gasteiger partial charge in [0.1, 0.15) is 12.4 Å². The second-order valence-corrected chi connectivity index (χ2v) is 6.80. The van der Waals surface area contributed by atoms with Gasteiger partial charge in [-0.15, -0.1) is 0 Å². The van der Waals surface area contributed by atoms with Crippen molar-refractivity contribution in [1.82, 2.24) is 0 Å². The smallest absolute Gasteiger partial charge is 0.119 e. The minimum absolute atomic E-state index is 0.509. The quantitative estimate of drug-likeness (QED) is 0.619. The van der Waals surface area contributed by atoms with Crippen LogP contribution in [0.15, 0.2) is 24.3 Å². The molecule has 118 valence electrons. The van der Waals surface area contributed by atoms with Crippen LogP contribution >= 0.6 is 0 Å². The van der Waals surface area contributed by atoms with Crippen LogP contribution in [-0.4, -0.2) is 26.4 Å². The van der Waals surface area contributed by atoms with Crippen molar-refractivity contribution in [3.8, 4) is 5.75 Å². The normalized spacial score (nSPS) is 21.6. The van der Waals surface area contributed by atoms with Crippen LogP contribution in [0.25, 0.3) is 0 Å². The fourth-order valence-electron chi connectivity index (χ4n) is 2.93. The molecule has 1 N–H and O–H groups in total. The lowest BCUT2D eigenvalue weighted by atomic mass is 9.85. The number of benzene rings is 1. The standard InChI is InChI=1S/C18H29NO2/c1-18(2)11-4-5-15(10-12-18)19-16-6-8-17(9-7-16)21-14-13-20-3/h6-9,15,19H,4-5,10-14H2,1-3H3. The Bertz CT molecular complexity index is 414. The number of rotatable bonds is 6. The van der Waals surface area contributed by atoms with E-state index in [0.29, 0.717) is 24.7 Å². The van der Waals surface area contributed by atoms with Gasteiger partial charge >= 0.3 is 0 Å². The highest BCUT2D eigenvalue weighted by Crippen LogP contribution is 2.34. The van der Waals surface area contributed by atoms with Crippen LogP contribution in [0.5, 0.6) is 5.75 Å². The summed E-state index contributed by atoms with van der Waals surface area (Å²) in [5.74, 6) is 0.902. The summed E-state index contributed by atoms with van der Waals surface area (Å²) in [6.07, 6.45) is 6.51. The molecule has 1 fully saturated rings. The van der Waals surface area contributed by atoms with Crippen LogP contribution in [0.4, 0.5) is 5.69 Å². The molecule has 0 saturated heterocycles. The molecule has 0 spiro atoms. The third-order valence-electron chi connectivity index (χ3n) is 4.36. The van der Waals surface area contributed by atoms with E-state index < -0.39 is 0 Å². The molecule has 1 aliphatic carbocycles. The molecule has 21 heavy (non-hydrogen) atoms. The van der Waals surface area contributed by atoms with Gasteiger partial charge in [-0.3, -0.25) is 0 Å². The van der Waals surface area contributed by atoms with Crippen molar-refractivity contribution >= 4 is 5.69 Å². The Morgan fingerprint density at radius 3 is 2.57 bits per heavy atom. The maximum absolute atomic E-state index is 5.59. The number of hydrogen-bond donors (Lipinski definition) is 1. The molecule has 1 unspecified atom stereocenters. The van der Waals surface area contributed by atoms with E-state index >= 15 is 0 Å². The van der Waals surface area contributed by atoms with Gasteiger partial charge in [-0.2, -0.15) is 0 Å². The molecular weight excluding hydrogens is 262 g/mol. The molecule has 0 amide bonds. The Kier molecular flexibility index (Phi) is 5.92. The van der Waals surface area contributed by atoms with Crippen LogP contribution in [0.3, 0.4) is 0 Å². The average molecular weight is 291 g/mol. The summed E-state index contributed by atoms with van der Waals surface area (Å²) in [7, 11) is 1.68. The first kappa shape index (κ1) is 16.2. The molecule has 1 saturated carbocycles. The molecule has 0 radical (unpaired) electrons. The highest BCUT2D eigenvalue weighted by Gasteiger charge is 2.24. The molecule has 2 rings (SSSR count). The minimum Gasteiger partial charge on any atom is -0.491 e. The molecule has 3 heteroatoms. The van der Waals surface area contributed by atoms with Gasteiger partial charge in [0, 0.05) is 18.8 Å². The molecular formula is C18H29NO2. The van der Waals surface area contributed by atoms with Crippen LogP contribution in [0.2, 0.25) is 0 Å². The first-order chi connectivity index (χ1) is 10.1. The molecule has 3 nitrogen and oxygen atoms in total. The zero-order chi connectivity index (χ0) is 15.1. The zero-order valence-corrected chi connectivity index (χ0v) is 13.7. The minimum atomic E-state index is 0.509. The Hall–Kier alpha value is -1.22. The van der Waals surface area contributed by atoms with Crippen LogP contribution in [0.1, 0.15) is 46.0 Å². The predicted octanol–water partition coefficient (Wildman–Crippen LogP) is 4.48. The molecule has 1 aromatic rings. The van der Waals surface area contributed by atoms with Crippen molar-refractivity contribution in [2.75, 3.05) is 25.6 Å². The van der Waals surface area contributed by atoms with E-state index in [1.807, 2.05) is 12.1 Å². The Morgan fingerprint density at radius 2 is 1.86 bits per heavy atom. The number of anilines is 1. The maximum Gasteiger partial charge on any atom is 0.119 e. The first-order valence-corrected chi connectivity index (χ1v) is 8.07. The molecule has 1 aliphatic rings. The topological polar surface area (TPSA) is 30.5 Å². The van der Waals surface area contributed by atoms with E-state index in [0.717, 1.165) is 5.75 Å². The summed E-state index contributed by atoms with van der Waals surface area (Å²) in [6.45, 7) is 6.00. The first-order valence-electron chi connectivity index (χ1n) is 8.07. The molecule has 0 heterocycles. The van der Waals surface area contributed by atoms with E-state index in [4.69, 9.17) is 9.47 Å². The summed E-state index contributed by atoms with van der Waals surface area (Å²) in [5, 5.41) is 3.67. The largest absolute Gasteiger partial charge is 0.491 e. The molecule has 0 aromatic heterocycles. The third-order valence-corrected chi connectivity index (χ3v) is 4.36. The SMILES string of the molecule is COCCOc1ccc(NC2CCCC(C)(C)CC2)cc1. The summed E-state index contributed by atoms with van der Waals surface area (Å²) in [6, 6.07) is 8.88. The Balaban J connectivity index is 1.82. The average Bonchev–Trinajstić information content (AvgIpc) is 2.62. The fraction of sp³-hybridized carbons (Fsp3) is 0.667. The van der Waals surface area contributed by atoms with Crippen LogP contribution in [0, 0.1) is 5.41 Å². The van der Waals surface area contributed by atoms with Crippen molar-refractivity contribution in [3.05, 3.63) is 24.3 Å². The lowest BCUT2D eigenvalue weighted by Gasteiger charge is -2.22. The van der Waals surface area contributed by atoms with Gasteiger partial charge in [0.25, 0.3) is 0 Å². The summed E-state index contributed by atoms with van der Waals surface area (Å²) in [5.41, 5.74) is 1.70. The van der Waals surface area contributed by atoms with Crippen LogP contribution < -0.4 is 10.1 Å². The van der Waals surface area contributed by atoms with Gasteiger partial charge in [-0.05, 0) is 55.4 Å². The lowest BCUT2D eigenvalue weighted by molar-refractivity contribution is 0.146. The molecule has 0 bridgehead atoms. The molecule has 0 aliphatic heterocycles. The van der Waals surface area contributed by atoms with Gasteiger partial charge in [-0.1, -0.05) is 20.3 Å². The van der Waals surface area contributed by atoms with Crippen molar-refractivity contribution < 1.29 is 9.47 Å². The van der Waals surface area contributed by atoms with Gasteiger partial charge in [0.15, 0.2) is 0 Å². The van der Waals surface area contributed by atoms with Crippen molar-refractivity contribution in [1.29, 1.82) is 0 Å². The second kappa shape index (κ2) is 7.69. The zero-order valence-electron chi connectivity index (χ0n) is 13.7. The van der Waals surface area contributed by atoms with E-state index in [1.54, 1.807) is 7.11 Å². The van der Waals surface area contributed by atoms with Gasteiger partial charge in [0.05, 0.1) is 6.61 Å². The predicted molar refractivity (Wildman–Crippen MR) is 88.1 cm³/mol. The summed E-state index contributed by atoms with van der Waals surface area (Å²) in [4.78, 5) is 0. The van der Waals surface area contributed by atoms with Gasteiger partial charge in [-0.25, -0.2) is 0 Å². The number of ether oxygens (including phenoxy) is 2. The van der Waals surface area contributed by atoms with Crippen molar-refractivity contribution in [2.24, 2.45) is 5.41 Å². The monoisotopic (exact) mass is 291 g/mol. The summed E-state index contributed by atoms with van der Waals surface area (Å²) >= 11 is 0. The second-order valence-electron chi connectivity index (χ2n) is 6.80. The summed E-state index contributed by atoms with van der Waals surface area (Å²) < 4.78 is 10.6. The van der Waals surface area contributed by atoms with Crippen LogP contribution in [-0.2, 0) is 4.74 Å². The van der Waals surface area contributed by atoms with Crippen molar-refractivity contribution in [2.45, 2.75) is 52.0 Å². The maximum atomic E-state index is 5.59. The van der Waals surface area contributed by atoms with E-state index in [1.165, 1.54) is 37.8 Å².